The maximum atomic E-state index is 2.46. The van der Waals surface area contributed by atoms with Crippen LogP contribution in [-0.2, 0) is 43.9 Å². The predicted octanol–water partition coefficient (Wildman–Crippen LogP) is 28.6. The molecule has 0 N–H and O–H groups in total. The molecule has 0 atom stereocenters. The van der Waals surface area contributed by atoms with Gasteiger partial charge in [-0.15, -0.1) is 0 Å². The first-order chi connectivity index (χ1) is 50.6. The molecular weight excluding hydrogens is 1250 g/mol. The van der Waals surface area contributed by atoms with Gasteiger partial charge in [-0.3, -0.25) is 0 Å². The van der Waals surface area contributed by atoms with Crippen LogP contribution in [0, 0.1) is 13.8 Å². The van der Waals surface area contributed by atoms with E-state index in [1.807, 2.05) is 0 Å². The quantitative estimate of drug-likeness (QED) is 0.0417. The summed E-state index contributed by atoms with van der Waals surface area (Å²) in [6.07, 6.45) is 20.7. The standard InChI is InChI=1S/C99H106N4/c1-9-15-21-75-29-45-83(46-30-75)100(84-47-31-76(32-48-84)22-16-10-2)91-61-65-93(66-62-91)102(87-53-37-79(38-54-87)25-19-13-5)89-57-41-81(42-58-89)99(97-71-73(7)27-69-95(97)96-70-28-74(8)72-98(96)99)82-43-59-90(60-44-82)103(88-55-39-80(40-56-88)26-20-14-6)94-67-63-92(64-68-94)101(85-49-33-77(34-50-85)23-17-11-3)86-51-35-78(36-52-86)24-18-12-4/h27-72H,9-26H2,1-8H3. The van der Waals surface area contributed by atoms with Crippen molar-refractivity contribution >= 4 is 68.2 Å². The lowest BCUT2D eigenvalue weighted by molar-refractivity contribution is 0.766. The third kappa shape index (κ3) is 15.9. The first-order valence-corrected chi connectivity index (χ1v) is 39.0. The molecule has 0 amide bonds. The Kier molecular flexibility index (Phi) is 23.3. The molecule has 12 aromatic rings. The Bertz CT molecular complexity index is 4240. The maximum Gasteiger partial charge on any atom is 0.0713 e. The molecule has 0 heterocycles. The molecule has 0 saturated heterocycles. The van der Waals surface area contributed by atoms with Crippen molar-refractivity contribution in [2.75, 3.05) is 19.6 Å². The van der Waals surface area contributed by atoms with Gasteiger partial charge in [0.2, 0.25) is 0 Å². The smallest absolute Gasteiger partial charge is 0.0713 e. The number of hydrogen-bond acceptors (Lipinski definition) is 4. The van der Waals surface area contributed by atoms with Crippen molar-refractivity contribution in [1.82, 2.24) is 0 Å². The molecule has 103 heavy (non-hydrogen) atoms. The average Bonchev–Trinajstić information content (AvgIpc) is 1.55. The van der Waals surface area contributed by atoms with E-state index in [1.54, 1.807) is 0 Å². The van der Waals surface area contributed by atoms with Gasteiger partial charge in [-0.2, -0.15) is 0 Å². The van der Waals surface area contributed by atoms with Gasteiger partial charge in [0, 0.05) is 68.2 Å². The summed E-state index contributed by atoms with van der Waals surface area (Å²) in [5, 5.41) is 0. The molecule has 0 unspecified atom stereocenters. The number of hydrogen-bond donors (Lipinski definition) is 0. The Labute approximate surface area is 617 Å². The number of benzene rings is 12. The normalized spacial score (nSPS) is 12.1. The number of rotatable bonds is 32. The zero-order valence-corrected chi connectivity index (χ0v) is 62.6. The Balaban J connectivity index is 0.903. The van der Waals surface area contributed by atoms with Crippen LogP contribution in [0.3, 0.4) is 0 Å². The summed E-state index contributed by atoms with van der Waals surface area (Å²) < 4.78 is 0. The fourth-order valence-corrected chi connectivity index (χ4v) is 15.5. The number of fused-ring (bicyclic) bond motifs is 3. The molecule has 13 rings (SSSR count). The number of unbranched alkanes of at least 4 members (excludes halogenated alkanes) is 6. The number of nitrogens with zero attached hydrogens (tertiary/aromatic N) is 4. The Morgan fingerprint density at radius 2 is 0.369 bits per heavy atom. The summed E-state index contributed by atoms with van der Waals surface area (Å²) in [4.78, 5) is 9.74. The van der Waals surface area contributed by atoms with E-state index in [2.05, 4.69) is 354 Å². The van der Waals surface area contributed by atoms with E-state index >= 15 is 0 Å². The molecule has 1 aliphatic rings. The van der Waals surface area contributed by atoms with E-state index in [4.69, 9.17) is 0 Å². The summed E-state index contributed by atoms with van der Waals surface area (Å²) in [6, 6.07) is 108. The minimum Gasteiger partial charge on any atom is -0.311 e. The minimum atomic E-state index is -0.641. The summed E-state index contributed by atoms with van der Waals surface area (Å²) in [6.45, 7) is 18.1. The highest BCUT2D eigenvalue weighted by molar-refractivity contribution is 5.89. The zero-order valence-electron chi connectivity index (χ0n) is 62.6. The lowest BCUT2D eigenvalue weighted by Gasteiger charge is -2.35. The topological polar surface area (TPSA) is 13.0 Å². The van der Waals surface area contributed by atoms with Gasteiger partial charge in [-0.1, -0.05) is 225 Å². The van der Waals surface area contributed by atoms with E-state index in [-0.39, 0.29) is 0 Å². The van der Waals surface area contributed by atoms with E-state index in [0.29, 0.717) is 0 Å². The molecule has 1 aliphatic carbocycles. The Morgan fingerprint density at radius 1 is 0.204 bits per heavy atom. The lowest BCUT2D eigenvalue weighted by Crippen LogP contribution is -2.29. The largest absolute Gasteiger partial charge is 0.311 e. The molecule has 0 spiro atoms. The average molecular weight is 1350 g/mol. The summed E-state index contributed by atoms with van der Waals surface area (Å²) >= 11 is 0. The van der Waals surface area contributed by atoms with E-state index in [9.17, 15) is 0 Å². The van der Waals surface area contributed by atoms with E-state index in [1.165, 1.54) is 155 Å². The van der Waals surface area contributed by atoms with Gasteiger partial charge >= 0.3 is 0 Å². The van der Waals surface area contributed by atoms with Crippen molar-refractivity contribution in [3.8, 4) is 11.1 Å². The molecule has 4 nitrogen and oxygen atoms in total. The first-order valence-electron chi connectivity index (χ1n) is 39.0. The molecule has 0 aliphatic heterocycles. The van der Waals surface area contributed by atoms with Crippen LogP contribution in [0.15, 0.2) is 279 Å². The fraction of sp³-hybridized carbons (Fsp3) is 0.273. The van der Waals surface area contributed by atoms with Crippen LogP contribution in [0.2, 0.25) is 0 Å². The second-order valence-corrected chi connectivity index (χ2v) is 28.9. The Hall–Kier alpha value is -10.2. The summed E-state index contributed by atoms with van der Waals surface area (Å²) in [7, 11) is 0. The van der Waals surface area contributed by atoms with Gasteiger partial charge in [-0.05, 0) is 303 Å². The Morgan fingerprint density at radius 3 is 0.544 bits per heavy atom. The highest BCUT2D eigenvalue weighted by atomic mass is 15.2. The molecule has 4 heteroatoms. The predicted molar refractivity (Wildman–Crippen MR) is 444 cm³/mol. The second-order valence-electron chi connectivity index (χ2n) is 28.9. The highest BCUT2D eigenvalue weighted by Gasteiger charge is 2.46. The molecule has 12 aromatic carbocycles. The molecule has 0 aromatic heterocycles. The van der Waals surface area contributed by atoms with Gasteiger partial charge in [-0.25, -0.2) is 0 Å². The maximum absolute atomic E-state index is 2.46. The lowest BCUT2D eigenvalue weighted by atomic mass is 9.67. The van der Waals surface area contributed by atoms with Gasteiger partial charge in [0.1, 0.15) is 0 Å². The van der Waals surface area contributed by atoms with Crippen molar-refractivity contribution in [2.24, 2.45) is 0 Å². The summed E-state index contributed by atoms with van der Waals surface area (Å²) in [5.41, 5.74) is 31.3. The fourth-order valence-electron chi connectivity index (χ4n) is 15.5. The van der Waals surface area contributed by atoms with Crippen LogP contribution >= 0.6 is 0 Å². The monoisotopic (exact) mass is 1350 g/mol. The van der Waals surface area contributed by atoms with E-state index in [0.717, 1.165) is 107 Å². The van der Waals surface area contributed by atoms with Crippen molar-refractivity contribution in [2.45, 2.75) is 176 Å². The number of aryl methyl sites for hydroxylation is 8. The van der Waals surface area contributed by atoms with Gasteiger partial charge in [0.25, 0.3) is 0 Å². The van der Waals surface area contributed by atoms with Crippen LogP contribution in [-0.4, -0.2) is 0 Å². The molecule has 522 valence electrons. The van der Waals surface area contributed by atoms with Crippen LogP contribution in [0.25, 0.3) is 11.1 Å². The third-order valence-corrected chi connectivity index (χ3v) is 21.4. The van der Waals surface area contributed by atoms with Crippen molar-refractivity contribution in [3.63, 3.8) is 0 Å². The van der Waals surface area contributed by atoms with Crippen molar-refractivity contribution in [3.05, 3.63) is 346 Å². The van der Waals surface area contributed by atoms with E-state index < -0.39 is 5.41 Å². The SMILES string of the molecule is CCCCc1ccc(N(c2ccc(CCCC)cc2)c2ccc(N(c3ccc(CCCC)cc3)c3ccc(C4(c5ccc(N(c6ccc(CCCC)cc6)c6ccc(N(c7ccc(CCCC)cc7)c7ccc(CCCC)cc7)cc6)cc5)c5cc(C)ccc5-c5ccc(C)cc54)cc3)cc2)cc1. The minimum absolute atomic E-state index is 0.641. The third-order valence-electron chi connectivity index (χ3n) is 21.4. The second kappa shape index (κ2) is 33.8. The summed E-state index contributed by atoms with van der Waals surface area (Å²) in [5.74, 6) is 0. The molecule has 0 bridgehead atoms. The van der Waals surface area contributed by atoms with Crippen LogP contribution in [0.1, 0.15) is 185 Å². The van der Waals surface area contributed by atoms with Crippen LogP contribution < -0.4 is 19.6 Å². The number of anilines is 12. The zero-order chi connectivity index (χ0) is 71.1. The van der Waals surface area contributed by atoms with Crippen molar-refractivity contribution < 1.29 is 0 Å². The van der Waals surface area contributed by atoms with Crippen molar-refractivity contribution in [1.29, 1.82) is 0 Å². The molecule has 0 radical (unpaired) electrons. The van der Waals surface area contributed by atoms with Gasteiger partial charge < -0.3 is 19.6 Å². The molecular formula is C99H106N4. The van der Waals surface area contributed by atoms with Gasteiger partial charge in [0.15, 0.2) is 0 Å². The van der Waals surface area contributed by atoms with Crippen LogP contribution in [0.4, 0.5) is 68.2 Å². The van der Waals surface area contributed by atoms with Gasteiger partial charge in [0.05, 0.1) is 5.41 Å². The highest BCUT2D eigenvalue weighted by Crippen LogP contribution is 2.57. The molecule has 0 saturated carbocycles. The van der Waals surface area contributed by atoms with Crippen LogP contribution in [0.5, 0.6) is 0 Å². The first kappa shape index (κ1) is 71.2. The molecule has 0 fully saturated rings.